The van der Waals surface area contributed by atoms with Gasteiger partial charge in [-0.15, -0.1) is 11.3 Å². The Morgan fingerprint density at radius 2 is 2.15 bits per heavy atom. The Morgan fingerprint density at radius 1 is 1.31 bits per heavy atom. The van der Waals surface area contributed by atoms with Gasteiger partial charge >= 0.3 is 5.97 Å². The summed E-state index contributed by atoms with van der Waals surface area (Å²) < 4.78 is 5.59. The minimum absolute atomic E-state index is 0.0466. The molecule has 140 valence electrons. The lowest BCUT2D eigenvalue weighted by molar-refractivity contribution is -0.147. The second-order valence-corrected chi connectivity index (χ2v) is 9.48. The van der Waals surface area contributed by atoms with E-state index in [1.807, 2.05) is 0 Å². The third kappa shape index (κ3) is 3.83. The lowest BCUT2D eigenvalue weighted by Gasteiger charge is -2.26. The maximum atomic E-state index is 12.5. The summed E-state index contributed by atoms with van der Waals surface area (Å²) in [4.78, 5) is 34.2. The zero-order valence-electron chi connectivity index (χ0n) is 15.0. The van der Waals surface area contributed by atoms with Crippen molar-refractivity contribution >= 4 is 39.3 Å². The Bertz CT molecular complexity index is 874. The summed E-state index contributed by atoms with van der Waals surface area (Å²) in [6, 6.07) is 0. The summed E-state index contributed by atoms with van der Waals surface area (Å²) in [5.74, 6) is 0.589. The highest BCUT2D eigenvalue weighted by molar-refractivity contribution is 7.99. The quantitative estimate of drug-likeness (QED) is 0.482. The molecule has 0 aliphatic heterocycles. The smallest absolute Gasteiger partial charge is 0.316 e. The van der Waals surface area contributed by atoms with E-state index in [4.69, 9.17) is 4.74 Å². The lowest BCUT2D eigenvalue weighted by Crippen LogP contribution is -2.25. The van der Waals surface area contributed by atoms with Gasteiger partial charge in [0.05, 0.1) is 11.1 Å². The summed E-state index contributed by atoms with van der Waals surface area (Å²) in [6.45, 7) is 2.21. The average Bonchev–Trinajstić information content (AvgIpc) is 2.99. The molecule has 1 fully saturated rings. The van der Waals surface area contributed by atoms with Gasteiger partial charge in [0.15, 0.2) is 5.16 Å². The van der Waals surface area contributed by atoms with Gasteiger partial charge in [-0.25, -0.2) is 4.98 Å². The maximum Gasteiger partial charge on any atom is 0.316 e. The molecule has 2 aromatic rings. The molecule has 1 N–H and O–H groups in total. The number of hydrogen-bond acceptors (Lipinski definition) is 6. The van der Waals surface area contributed by atoms with Crippen LogP contribution >= 0.6 is 23.1 Å². The molecule has 0 bridgehead atoms. The fourth-order valence-corrected chi connectivity index (χ4v) is 6.01. The molecule has 0 radical (unpaired) electrons. The first-order valence-electron chi connectivity index (χ1n) is 9.47. The van der Waals surface area contributed by atoms with Gasteiger partial charge in [-0.2, -0.15) is 0 Å². The number of thioether (sulfide) groups is 1. The normalized spacial score (nSPS) is 23.0. The van der Waals surface area contributed by atoms with Crippen LogP contribution in [-0.2, 0) is 22.4 Å². The zero-order chi connectivity index (χ0) is 18.1. The van der Waals surface area contributed by atoms with E-state index < -0.39 is 0 Å². The van der Waals surface area contributed by atoms with E-state index in [-0.39, 0.29) is 23.4 Å². The van der Waals surface area contributed by atoms with Gasteiger partial charge in [0.25, 0.3) is 5.56 Å². The van der Waals surface area contributed by atoms with Crippen LogP contribution in [0.1, 0.15) is 55.9 Å². The molecule has 0 spiro atoms. The second kappa shape index (κ2) is 7.72. The minimum atomic E-state index is -0.220. The van der Waals surface area contributed by atoms with Crippen molar-refractivity contribution in [2.75, 3.05) is 5.75 Å². The molecule has 7 heteroatoms. The molecule has 0 unspecified atom stereocenters. The van der Waals surface area contributed by atoms with Crippen molar-refractivity contribution in [2.45, 2.75) is 69.6 Å². The molecular weight excluding hydrogens is 368 g/mol. The second-order valence-electron chi connectivity index (χ2n) is 7.43. The molecule has 2 heterocycles. The number of nitrogens with zero attached hydrogens (tertiary/aromatic N) is 1. The van der Waals surface area contributed by atoms with Crippen LogP contribution in [0.15, 0.2) is 9.95 Å². The van der Waals surface area contributed by atoms with Crippen LogP contribution in [0.3, 0.4) is 0 Å². The molecule has 0 saturated heterocycles. The number of carbonyl (C=O) groups is 1. The van der Waals surface area contributed by atoms with Crippen molar-refractivity contribution in [3.8, 4) is 0 Å². The average molecular weight is 393 g/mol. The number of aryl methyl sites for hydroxylation is 2. The van der Waals surface area contributed by atoms with Crippen molar-refractivity contribution in [2.24, 2.45) is 5.92 Å². The number of H-pyrrole nitrogens is 1. The number of rotatable bonds is 4. The standard InChI is InChI=1S/C19H24N2O3S2/c1-11-5-4-6-12(9-11)24-15(22)10-25-19-20-17(23)16-13-7-2-3-8-14(13)26-18(16)21-19/h11-12H,2-10H2,1H3,(H,20,21,23)/t11-,12+/m1/s1. The van der Waals surface area contributed by atoms with Crippen LogP contribution in [0.4, 0.5) is 0 Å². The number of aromatic amines is 1. The predicted molar refractivity (Wildman–Crippen MR) is 105 cm³/mol. The number of fused-ring (bicyclic) bond motifs is 3. The van der Waals surface area contributed by atoms with Crippen LogP contribution in [0.25, 0.3) is 10.2 Å². The number of hydrogen-bond donors (Lipinski definition) is 1. The zero-order valence-corrected chi connectivity index (χ0v) is 16.6. The Kier molecular flexibility index (Phi) is 5.36. The van der Waals surface area contributed by atoms with Gasteiger partial charge in [0, 0.05) is 4.88 Å². The predicted octanol–water partition coefficient (Wildman–Crippen LogP) is 4.08. The first kappa shape index (κ1) is 18.0. The molecule has 5 nitrogen and oxygen atoms in total. The number of carbonyl (C=O) groups excluding carboxylic acids is 1. The number of esters is 1. The van der Waals surface area contributed by atoms with Gasteiger partial charge in [-0.3, -0.25) is 9.59 Å². The molecular formula is C19H24N2O3S2. The Morgan fingerprint density at radius 3 is 3.00 bits per heavy atom. The summed E-state index contributed by atoms with van der Waals surface area (Å²) in [7, 11) is 0. The van der Waals surface area contributed by atoms with E-state index in [9.17, 15) is 9.59 Å². The van der Waals surface area contributed by atoms with Gasteiger partial charge in [-0.05, 0) is 56.4 Å². The van der Waals surface area contributed by atoms with Crippen LogP contribution in [0, 0.1) is 5.92 Å². The summed E-state index contributed by atoms with van der Waals surface area (Å²) in [6.07, 6.45) is 8.65. The third-order valence-corrected chi connectivity index (χ3v) is 7.35. The maximum absolute atomic E-state index is 12.5. The van der Waals surface area contributed by atoms with Crippen molar-refractivity contribution in [1.29, 1.82) is 0 Å². The van der Waals surface area contributed by atoms with Crippen molar-refractivity contribution in [3.63, 3.8) is 0 Å². The molecule has 2 aliphatic rings. The molecule has 0 aromatic carbocycles. The van der Waals surface area contributed by atoms with Crippen molar-refractivity contribution in [1.82, 2.24) is 9.97 Å². The third-order valence-electron chi connectivity index (χ3n) is 5.32. The fourth-order valence-electron chi connectivity index (χ4n) is 4.05. The van der Waals surface area contributed by atoms with E-state index in [0.29, 0.717) is 11.1 Å². The van der Waals surface area contributed by atoms with Crippen molar-refractivity contribution < 1.29 is 9.53 Å². The van der Waals surface area contributed by atoms with Gasteiger partial charge in [0.1, 0.15) is 10.9 Å². The largest absolute Gasteiger partial charge is 0.462 e. The first-order valence-corrected chi connectivity index (χ1v) is 11.3. The Balaban J connectivity index is 1.42. The van der Waals surface area contributed by atoms with Crippen LogP contribution < -0.4 is 5.56 Å². The van der Waals surface area contributed by atoms with Gasteiger partial charge in [0.2, 0.25) is 0 Å². The van der Waals surface area contributed by atoms with Crippen LogP contribution in [0.2, 0.25) is 0 Å². The molecule has 2 aliphatic carbocycles. The fraction of sp³-hybridized carbons (Fsp3) is 0.632. The minimum Gasteiger partial charge on any atom is -0.462 e. The summed E-state index contributed by atoms with van der Waals surface area (Å²) >= 11 is 2.89. The molecule has 26 heavy (non-hydrogen) atoms. The molecule has 0 amide bonds. The number of ether oxygens (including phenoxy) is 1. The Hall–Kier alpha value is -1.34. The van der Waals surface area contributed by atoms with E-state index in [1.165, 1.54) is 35.0 Å². The van der Waals surface area contributed by atoms with E-state index in [1.54, 1.807) is 11.3 Å². The summed E-state index contributed by atoms with van der Waals surface area (Å²) in [5.41, 5.74) is 1.11. The van der Waals surface area contributed by atoms with Crippen LogP contribution in [0.5, 0.6) is 0 Å². The highest BCUT2D eigenvalue weighted by Crippen LogP contribution is 2.34. The highest BCUT2D eigenvalue weighted by Gasteiger charge is 2.23. The first-order chi connectivity index (χ1) is 12.6. The van der Waals surface area contributed by atoms with E-state index in [2.05, 4.69) is 16.9 Å². The number of nitrogens with one attached hydrogen (secondary N) is 1. The number of aromatic nitrogens is 2. The highest BCUT2D eigenvalue weighted by atomic mass is 32.2. The lowest BCUT2D eigenvalue weighted by atomic mass is 9.89. The number of thiophene rings is 1. The molecule has 2 atom stereocenters. The van der Waals surface area contributed by atoms with Crippen molar-refractivity contribution in [3.05, 3.63) is 20.8 Å². The van der Waals surface area contributed by atoms with Crippen LogP contribution in [-0.4, -0.2) is 27.8 Å². The molecule has 1 saturated carbocycles. The van der Waals surface area contributed by atoms with E-state index in [0.717, 1.165) is 48.7 Å². The van der Waals surface area contributed by atoms with Gasteiger partial charge < -0.3 is 9.72 Å². The molecule has 2 aromatic heterocycles. The SMILES string of the molecule is C[C@@H]1CCC[C@H](OC(=O)CSc2nc3sc4c(c3c(=O)[nH]2)CCCC4)C1. The topological polar surface area (TPSA) is 72.0 Å². The molecule has 4 rings (SSSR count). The Labute approximate surface area is 160 Å². The van der Waals surface area contributed by atoms with Gasteiger partial charge in [-0.1, -0.05) is 25.1 Å². The van der Waals surface area contributed by atoms with E-state index >= 15 is 0 Å². The summed E-state index contributed by atoms with van der Waals surface area (Å²) in [5, 5.41) is 1.27. The monoisotopic (exact) mass is 392 g/mol.